The first-order chi connectivity index (χ1) is 36.1. The molecule has 75 heavy (non-hydrogen) atoms. The molecule has 0 saturated heterocycles. The van der Waals surface area contributed by atoms with Gasteiger partial charge in [0.2, 0.25) is 11.8 Å². The molecule has 8 aromatic rings. The van der Waals surface area contributed by atoms with Crippen LogP contribution in [0.25, 0.3) is 22.3 Å². The van der Waals surface area contributed by atoms with Gasteiger partial charge in [-0.2, -0.15) is 10.2 Å². The number of benzene rings is 2. The molecule has 26 heteroatoms. The van der Waals surface area contributed by atoms with Crippen LogP contribution in [0, 0.1) is 11.6 Å². The molecule has 2 aliphatic rings. The van der Waals surface area contributed by atoms with E-state index in [-0.39, 0.29) is 43.8 Å². The molecule has 0 spiro atoms. The highest BCUT2D eigenvalue weighted by molar-refractivity contribution is 9.10. The van der Waals surface area contributed by atoms with E-state index >= 15 is 8.78 Å². The zero-order chi connectivity index (χ0) is 53.3. The first kappa shape index (κ1) is 57.7. The van der Waals surface area contributed by atoms with Crippen LogP contribution in [0.5, 0.6) is 0 Å². The summed E-state index contributed by atoms with van der Waals surface area (Å²) >= 11 is 12.2. The second-order valence-electron chi connectivity index (χ2n) is 17.0. The standard InChI is InChI=1S/C25H21ClFN5O.C24H20ClFN6O.H11P9/c1-31-21(5-9-30-31)15-20-12-16(4-8-28-20)19-11-17-6-10-32(24(17)22(27)13-19)23(33)14-18-3-2-7-29-25(18)26;1-31-21(5-9-29-31)30-20-13-15(4-8-27-20)18-11-16-6-10-32(23(16)19(26)12-18)22(33)14-17-3-2-7-28-24(17)25;1-6-9(7(2)3)8(4)5/h2-5,7-9,11-13H,6,10,14-15H2,1H3;2-5,7-9,11-13H,6,10,14H2,1H3,(H,27,30);6H,1-5H2. The molecule has 0 bridgehead atoms. The predicted molar refractivity (Wildman–Crippen MR) is 327 cm³/mol. The smallest absolute Gasteiger partial charge is 0.231 e. The van der Waals surface area contributed by atoms with Gasteiger partial charge in [0.25, 0.3) is 0 Å². The Kier molecular flexibility index (Phi) is 20.7. The van der Waals surface area contributed by atoms with Crippen LogP contribution in [0.1, 0.15) is 33.6 Å². The van der Waals surface area contributed by atoms with Gasteiger partial charge < -0.3 is 15.1 Å². The average molecular weight is 1210 g/mol. The van der Waals surface area contributed by atoms with Gasteiger partial charge in [-0.1, -0.05) is 43.3 Å². The third-order valence-electron chi connectivity index (χ3n) is 12.2. The van der Waals surface area contributed by atoms with Gasteiger partial charge in [0.15, 0.2) is 0 Å². The zero-order valence-electron chi connectivity index (χ0n) is 40.5. The summed E-state index contributed by atoms with van der Waals surface area (Å²) in [5.41, 5.74) is 8.69. The quantitative estimate of drug-likeness (QED) is 0.0882. The van der Waals surface area contributed by atoms with Crippen molar-refractivity contribution in [3.63, 3.8) is 0 Å². The van der Waals surface area contributed by atoms with Gasteiger partial charge >= 0.3 is 0 Å². The van der Waals surface area contributed by atoms with Crippen molar-refractivity contribution in [2.24, 2.45) is 14.1 Å². The van der Waals surface area contributed by atoms with E-state index in [1.165, 1.54) is 21.9 Å². The minimum Gasteiger partial charge on any atom is -0.325 e. The number of pyridine rings is 4. The number of halogens is 4. The third-order valence-corrected chi connectivity index (χ3v) is 57.1. The van der Waals surface area contributed by atoms with Gasteiger partial charge in [0.05, 0.1) is 30.4 Å². The molecule has 6 unspecified atom stereocenters. The Morgan fingerprint density at radius 2 is 1.16 bits per heavy atom. The molecule has 0 aliphatic carbocycles. The van der Waals surface area contributed by atoms with Crippen molar-refractivity contribution in [1.29, 1.82) is 0 Å². The van der Waals surface area contributed by atoms with Crippen molar-refractivity contribution in [3.8, 4) is 22.3 Å². The third kappa shape index (κ3) is 14.6. The summed E-state index contributed by atoms with van der Waals surface area (Å²) in [6, 6.07) is 25.2. The van der Waals surface area contributed by atoms with Gasteiger partial charge in [0.1, 0.15) is 33.6 Å². The fourth-order valence-electron chi connectivity index (χ4n) is 8.51. The average Bonchev–Trinajstić information content (AvgIpc) is 4.21. The number of carbonyl (C=O) groups is 2. The number of carbonyl (C=O) groups excluding carboxylic acids is 2. The molecule has 8 heterocycles. The maximum Gasteiger partial charge on any atom is 0.231 e. The van der Waals surface area contributed by atoms with E-state index in [9.17, 15) is 9.59 Å². The van der Waals surface area contributed by atoms with E-state index in [1.807, 2.05) is 67.3 Å². The summed E-state index contributed by atoms with van der Waals surface area (Å²) in [5, 5.41) is 12.1. The molecule has 2 aromatic carbocycles. The van der Waals surface area contributed by atoms with Crippen molar-refractivity contribution in [3.05, 3.63) is 178 Å². The number of hydrogen-bond donors (Lipinski definition) is 1. The van der Waals surface area contributed by atoms with E-state index in [1.54, 1.807) is 66.1 Å². The van der Waals surface area contributed by atoms with E-state index in [4.69, 9.17) is 23.2 Å². The second kappa shape index (κ2) is 26.9. The lowest BCUT2D eigenvalue weighted by molar-refractivity contribution is -0.118. The van der Waals surface area contributed by atoms with Crippen molar-refractivity contribution < 1.29 is 18.4 Å². The number of rotatable bonds is 13. The molecule has 10 rings (SSSR count). The number of hydrogen-bond acceptors (Lipinski definition) is 9. The van der Waals surface area contributed by atoms with Gasteiger partial charge in [-0.25, -0.2) is 23.7 Å². The van der Waals surface area contributed by atoms with Crippen molar-refractivity contribution in [2.75, 3.05) is 28.2 Å². The largest absolute Gasteiger partial charge is 0.325 e. The monoisotopic (exact) mass is 1210 g/mol. The highest BCUT2D eigenvalue weighted by Crippen LogP contribution is 3.04. The second-order valence-corrected chi connectivity index (χ2v) is 48.4. The number of nitrogens with one attached hydrogen (secondary N) is 1. The van der Waals surface area contributed by atoms with E-state index in [0.717, 1.165) is 58.5 Å². The van der Waals surface area contributed by atoms with Crippen LogP contribution < -0.4 is 15.1 Å². The van der Waals surface area contributed by atoms with Crippen molar-refractivity contribution >= 4 is 132 Å². The van der Waals surface area contributed by atoms with Crippen LogP contribution in [-0.4, -0.2) is 64.4 Å². The molecule has 2 amide bonds. The summed E-state index contributed by atoms with van der Waals surface area (Å²) in [7, 11) is 19.4. The summed E-state index contributed by atoms with van der Waals surface area (Å²) in [6.07, 6.45) is 12.0. The number of anilines is 4. The Morgan fingerprint density at radius 3 is 1.63 bits per heavy atom. The van der Waals surface area contributed by atoms with Crippen LogP contribution in [0.15, 0.2) is 122 Å². The van der Waals surface area contributed by atoms with Crippen LogP contribution in [0.2, 0.25) is 10.3 Å². The molecule has 0 saturated carbocycles. The lowest BCUT2D eigenvalue weighted by Gasteiger charge is -2.22. The molecule has 13 nitrogen and oxygen atoms in total. The maximum atomic E-state index is 15.3. The van der Waals surface area contributed by atoms with E-state index in [0.29, 0.717) is 72.8 Å². The molecule has 0 radical (unpaired) electrons. The predicted octanol–water partition coefficient (Wildman–Crippen LogP) is 13.7. The molecular formula is C49H52Cl2F2N11O2P9. The number of aryl methyl sites for hydroxylation is 2. The normalized spacial score (nSPS) is 12.8. The number of fused-ring (bicyclic) bond motifs is 2. The van der Waals surface area contributed by atoms with E-state index < -0.39 is 11.6 Å². The van der Waals surface area contributed by atoms with Crippen LogP contribution in [-0.2, 0) is 55.8 Å². The fourth-order valence-corrected chi connectivity index (χ4v) is 70.0. The van der Waals surface area contributed by atoms with Crippen LogP contribution in [0.4, 0.5) is 31.8 Å². The Hall–Kier alpha value is -3.49. The minimum atomic E-state index is -0.427. The molecule has 388 valence electrons. The summed E-state index contributed by atoms with van der Waals surface area (Å²) in [5.74, 6) is 0.184. The topological polar surface area (TPSA) is 140 Å². The summed E-state index contributed by atoms with van der Waals surface area (Å²) in [4.78, 5) is 45.7. The zero-order valence-corrected chi connectivity index (χ0v) is 51.5. The van der Waals surface area contributed by atoms with E-state index in [2.05, 4.69) is 80.1 Å². The first-order valence-corrected chi connectivity index (χ1v) is 39.3. The lowest BCUT2D eigenvalue weighted by atomic mass is 10.0. The Morgan fingerprint density at radius 1 is 0.640 bits per heavy atom. The summed E-state index contributed by atoms with van der Waals surface area (Å²) < 4.78 is 34.0. The maximum absolute atomic E-state index is 15.3. The Balaban J connectivity index is 0.000000172. The fraction of sp³-hybridized carbons (Fsp3) is 0.184. The number of aromatic nitrogens is 8. The first-order valence-electron chi connectivity index (χ1n) is 23.0. The van der Waals surface area contributed by atoms with Crippen LogP contribution in [0.3, 0.4) is 0 Å². The summed E-state index contributed by atoms with van der Waals surface area (Å²) in [6.45, 7) is 1.51. The van der Waals surface area contributed by atoms with Gasteiger partial charge in [-0.15, -0.1) is 44.6 Å². The SMILES string of the molecule is Cn1nccc1Cc1cc(-c2cc(F)c3c(c2)CCN3C(=O)Cc2cccnc2Cl)ccn1.Cn1nccc1Nc1cc(-c2cc(F)c3c(c2)CCN3C(=O)Cc2cccnc2Cl)ccn1.PPP(P(P)P)P(P)P. The molecule has 2 aliphatic heterocycles. The molecule has 1 N–H and O–H groups in total. The molecule has 6 aromatic heterocycles. The minimum absolute atomic E-state index is 0.0701. The molecule has 0 fully saturated rings. The molecular weight excluding hydrogens is 1160 g/mol. The van der Waals surface area contributed by atoms with Gasteiger partial charge in [-0.05, 0) is 145 Å². The number of amides is 2. The van der Waals surface area contributed by atoms with Gasteiger partial charge in [-0.3, -0.25) is 23.9 Å². The lowest BCUT2D eigenvalue weighted by Crippen LogP contribution is -2.31. The Labute approximate surface area is 460 Å². The van der Waals surface area contributed by atoms with Crippen molar-refractivity contribution in [2.45, 2.75) is 32.1 Å². The van der Waals surface area contributed by atoms with Crippen LogP contribution >= 0.6 is 96.8 Å². The highest BCUT2D eigenvalue weighted by atomic mass is 35.5. The highest BCUT2D eigenvalue weighted by Gasteiger charge is 2.31. The molecule has 6 atom stereocenters. The van der Waals surface area contributed by atoms with Gasteiger partial charge in [0, 0.05) is 82.0 Å². The Bertz CT molecular complexity index is 3120. The number of nitrogens with zero attached hydrogens (tertiary/aromatic N) is 10. The van der Waals surface area contributed by atoms with Crippen molar-refractivity contribution in [1.82, 2.24) is 39.5 Å².